The average Bonchev–Trinajstić information content (AvgIpc) is 2.77. The molecule has 1 saturated heterocycles. The molecule has 0 spiro atoms. The van der Waals surface area contributed by atoms with Crippen molar-refractivity contribution in [1.29, 1.82) is 0 Å². The van der Waals surface area contributed by atoms with Crippen LogP contribution in [0.25, 0.3) is 0 Å². The van der Waals surface area contributed by atoms with Gasteiger partial charge in [-0.2, -0.15) is 0 Å². The fourth-order valence-electron chi connectivity index (χ4n) is 2.54. The van der Waals surface area contributed by atoms with Crippen LogP contribution in [0.3, 0.4) is 0 Å². The van der Waals surface area contributed by atoms with Gasteiger partial charge in [0.15, 0.2) is 0 Å². The summed E-state index contributed by atoms with van der Waals surface area (Å²) in [5.74, 6) is 0.0111. The van der Waals surface area contributed by atoms with Gasteiger partial charge in [-0.25, -0.2) is 0 Å². The van der Waals surface area contributed by atoms with Crippen molar-refractivity contribution in [2.45, 2.75) is 25.0 Å². The first kappa shape index (κ1) is 12.8. The zero-order chi connectivity index (χ0) is 14.0. The molecular formula is C16H17N3O. The Morgan fingerprint density at radius 3 is 2.60 bits per heavy atom. The predicted octanol–water partition coefficient (Wildman–Crippen LogP) is 1.80. The number of amides is 1. The highest BCUT2D eigenvalue weighted by Crippen LogP contribution is 2.24. The molecule has 102 valence electrons. The monoisotopic (exact) mass is 267 g/mol. The normalized spacial score (nSPS) is 25.4. The highest BCUT2D eigenvalue weighted by molar-refractivity contribution is 5.88. The third-order valence-electron chi connectivity index (χ3n) is 3.62. The summed E-state index contributed by atoms with van der Waals surface area (Å²) in [5, 5.41) is 6.33. The van der Waals surface area contributed by atoms with E-state index in [1.807, 2.05) is 55.5 Å². The Bertz CT molecular complexity index is 600. The summed E-state index contributed by atoms with van der Waals surface area (Å²) < 4.78 is 0. The molecule has 2 aromatic rings. The molecule has 0 unspecified atom stereocenters. The number of benzene rings is 1. The van der Waals surface area contributed by atoms with E-state index in [1.54, 1.807) is 6.20 Å². The van der Waals surface area contributed by atoms with Gasteiger partial charge in [-0.15, -0.1) is 0 Å². The summed E-state index contributed by atoms with van der Waals surface area (Å²) in [7, 11) is 0. The Kier molecular flexibility index (Phi) is 3.24. The minimum absolute atomic E-state index is 0.0111. The Labute approximate surface area is 118 Å². The lowest BCUT2D eigenvalue weighted by atomic mass is 9.93. The maximum Gasteiger partial charge on any atom is 0.241 e. The molecule has 20 heavy (non-hydrogen) atoms. The first-order chi connectivity index (χ1) is 9.67. The third-order valence-corrected chi connectivity index (χ3v) is 3.62. The summed E-state index contributed by atoms with van der Waals surface area (Å²) >= 11 is 0. The van der Waals surface area contributed by atoms with Gasteiger partial charge in [0, 0.05) is 6.20 Å². The van der Waals surface area contributed by atoms with E-state index >= 15 is 0 Å². The van der Waals surface area contributed by atoms with Gasteiger partial charge < -0.3 is 5.32 Å². The molecule has 1 fully saturated rings. The lowest BCUT2D eigenvalue weighted by Gasteiger charge is -2.22. The number of carbonyl (C=O) groups excluding carboxylic acids is 1. The standard InChI is InChI=1S/C16H17N3O/c1-16(11-12-7-3-2-4-8-12)15(20)18-14(19-16)13-9-5-6-10-17-13/h2-10,14,19H,11H2,1H3,(H,18,20)/t14-,16+/m1/s1. The minimum Gasteiger partial charge on any atom is -0.334 e. The molecule has 4 nitrogen and oxygen atoms in total. The highest BCUT2D eigenvalue weighted by Gasteiger charge is 2.43. The Balaban J connectivity index is 1.79. The number of hydrogen-bond donors (Lipinski definition) is 2. The Morgan fingerprint density at radius 1 is 1.15 bits per heavy atom. The van der Waals surface area contributed by atoms with Crippen molar-refractivity contribution in [3.8, 4) is 0 Å². The van der Waals surface area contributed by atoms with Crippen LogP contribution < -0.4 is 10.6 Å². The molecule has 2 heterocycles. The molecular weight excluding hydrogens is 250 g/mol. The molecule has 1 aromatic carbocycles. The fourth-order valence-corrected chi connectivity index (χ4v) is 2.54. The lowest BCUT2D eigenvalue weighted by molar-refractivity contribution is -0.123. The number of hydrogen-bond acceptors (Lipinski definition) is 3. The predicted molar refractivity (Wildman–Crippen MR) is 76.8 cm³/mol. The second kappa shape index (κ2) is 5.06. The fraction of sp³-hybridized carbons (Fsp3) is 0.250. The topological polar surface area (TPSA) is 54.0 Å². The smallest absolute Gasteiger partial charge is 0.241 e. The summed E-state index contributed by atoms with van der Waals surface area (Å²) in [6, 6.07) is 15.7. The van der Waals surface area contributed by atoms with Crippen molar-refractivity contribution in [3.05, 3.63) is 66.0 Å². The van der Waals surface area contributed by atoms with Crippen LogP contribution in [0.4, 0.5) is 0 Å². The van der Waals surface area contributed by atoms with Crippen LogP contribution in [0.2, 0.25) is 0 Å². The van der Waals surface area contributed by atoms with E-state index in [0.717, 1.165) is 11.3 Å². The molecule has 1 aliphatic rings. The van der Waals surface area contributed by atoms with Gasteiger partial charge in [0.2, 0.25) is 5.91 Å². The summed E-state index contributed by atoms with van der Waals surface area (Å²) in [4.78, 5) is 16.6. The molecule has 4 heteroatoms. The zero-order valence-corrected chi connectivity index (χ0v) is 11.3. The SMILES string of the molecule is C[C@@]1(Cc2ccccc2)N[C@H](c2ccccn2)NC1=O. The number of nitrogens with one attached hydrogen (secondary N) is 2. The zero-order valence-electron chi connectivity index (χ0n) is 11.3. The summed E-state index contributed by atoms with van der Waals surface area (Å²) in [6.45, 7) is 1.93. The van der Waals surface area contributed by atoms with Crippen LogP contribution in [0, 0.1) is 0 Å². The van der Waals surface area contributed by atoms with Crippen molar-refractivity contribution in [2.75, 3.05) is 0 Å². The number of rotatable bonds is 3. The van der Waals surface area contributed by atoms with Crippen molar-refractivity contribution < 1.29 is 4.79 Å². The first-order valence-corrected chi connectivity index (χ1v) is 6.71. The van der Waals surface area contributed by atoms with Crippen molar-refractivity contribution in [3.63, 3.8) is 0 Å². The quantitative estimate of drug-likeness (QED) is 0.891. The van der Waals surface area contributed by atoms with Gasteiger partial charge in [0.05, 0.1) is 5.69 Å². The highest BCUT2D eigenvalue weighted by atomic mass is 16.2. The van der Waals surface area contributed by atoms with Gasteiger partial charge in [0.1, 0.15) is 11.7 Å². The maximum absolute atomic E-state index is 12.3. The molecule has 0 saturated carbocycles. The minimum atomic E-state index is -0.608. The molecule has 3 rings (SSSR count). The van der Waals surface area contributed by atoms with Crippen LogP contribution in [0.15, 0.2) is 54.7 Å². The number of nitrogens with zero attached hydrogens (tertiary/aromatic N) is 1. The number of carbonyl (C=O) groups is 1. The number of aromatic nitrogens is 1. The van der Waals surface area contributed by atoms with Crippen LogP contribution >= 0.6 is 0 Å². The van der Waals surface area contributed by atoms with Crippen LogP contribution in [0.1, 0.15) is 24.3 Å². The van der Waals surface area contributed by atoms with Crippen molar-refractivity contribution in [1.82, 2.24) is 15.6 Å². The summed E-state index contributed by atoms with van der Waals surface area (Å²) in [6.07, 6.45) is 2.16. The van der Waals surface area contributed by atoms with E-state index in [4.69, 9.17) is 0 Å². The first-order valence-electron chi connectivity index (χ1n) is 6.71. The van der Waals surface area contributed by atoms with E-state index in [2.05, 4.69) is 15.6 Å². The molecule has 1 aliphatic heterocycles. The Morgan fingerprint density at radius 2 is 1.90 bits per heavy atom. The maximum atomic E-state index is 12.3. The van der Waals surface area contributed by atoms with Crippen LogP contribution in [0.5, 0.6) is 0 Å². The van der Waals surface area contributed by atoms with E-state index < -0.39 is 5.54 Å². The third kappa shape index (κ3) is 2.42. The Hall–Kier alpha value is -2.20. The van der Waals surface area contributed by atoms with Crippen LogP contribution in [-0.4, -0.2) is 16.4 Å². The van der Waals surface area contributed by atoms with Gasteiger partial charge in [-0.05, 0) is 31.0 Å². The second-order valence-electron chi connectivity index (χ2n) is 5.30. The second-order valence-corrected chi connectivity index (χ2v) is 5.30. The van der Waals surface area contributed by atoms with Gasteiger partial charge >= 0.3 is 0 Å². The largest absolute Gasteiger partial charge is 0.334 e. The molecule has 2 N–H and O–H groups in total. The lowest BCUT2D eigenvalue weighted by Crippen LogP contribution is -2.45. The number of pyridine rings is 1. The van der Waals surface area contributed by atoms with Crippen molar-refractivity contribution in [2.24, 2.45) is 0 Å². The van der Waals surface area contributed by atoms with Crippen molar-refractivity contribution >= 4 is 5.91 Å². The van der Waals surface area contributed by atoms with Gasteiger partial charge in [-0.1, -0.05) is 36.4 Å². The van der Waals surface area contributed by atoms with E-state index in [1.165, 1.54) is 0 Å². The molecule has 0 radical (unpaired) electrons. The molecule has 0 aliphatic carbocycles. The molecule has 2 atom stereocenters. The van der Waals surface area contributed by atoms with Gasteiger partial charge in [0.25, 0.3) is 0 Å². The molecule has 1 aromatic heterocycles. The molecule has 1 amide bonds. The average molecular weight is 267 g/mol. The van der Waals surface area contributed by atoms with E-state index in [9.17, 15) is 4.79 Å². The van der Waals surface area contributed by atoms with Gasteiger partial charge in [-0.3, -0.25) is 15.1 Å². The van der Waals surface area contributed by atoms with Crippen LogP contribution in [-0.2, 0) is 11.2 Å². The summed E-state index contributed by atoms with van der Waals surface area (Å²) in [5.41, 5.74) is 1.36. The van der Waals surface area contributed by atoms with E-state index in [-0.39, 0.29) is 12.1 Å². The molecule has 0 bridgehead atoms. The van der Waals surface area contributed by atoms with E-state index in [0.29, 0.717) is 6.42 Å².